The fraction of sp³-hybridized carbons (Fsp3) is 0.467. The van der Waals surface area contributed by atoms with Gasteiger partial charge in [-0.05, 0) is 23.5 Å². The molecule has 20 heavy (non-hydrogen) atoms. The Bertz CT molecular complexity index is 635. The van der Waals surface area contributed by atoms with E-state index in [0.29, 0.717) is 17.4 Å². The van der Waals surface area contributed by atoms with Crippen molar-refractivity contribution < 1.29 is 9.18 Å². The van der Waals surface area contributed by atoms with Crippen LogP contribution in [0.4, 0.5) is 4.39 Å². The predicted octanol–water partition coefficient (Wildman–Crippen LogP) is 2.59. The average molecular weight is 277 g/mol. The topological polar surface area (TPSA) is 46.9 Å². The summed E-state index contributed by atoms with van der Waals surface area (Å²) in [6, 6.07) is 5.64. The summed E-state index contributed by atoms with van der Waals surface area (Å²) in [6.07, 6.45) is 0. The van der Waals surface area contributed by atoms with Gasteiger partial charge < -0.3 is 5.32 Å². The molecule has 4 nitrogen and oxygen atoms in total. The first kappa shape index (κ1) is 14.5. The normalized spacial score (nSPS) is 14.2. The molecular formula is C15H20FN3O. The summed E-state index contributed by atoms with van der Waals surface area (Å²) in [7, 11) is 1.60. The molecule has 0 saturated heterocycles. The molecule has 0 radical (unpaired) electrons. The first-order chi connectivity index (χ1) is 9.41. The number of hydrogen-bond acceptors (Lipinski definition) is 2. The van der Waals surface area contributed by atoms with E-state index in [1.165, 1.54) is 11.6 Å². The molecule has 5 heteroatoms. The van der Waals surface area contributed by atoms with Gasteiger partial charge in [0.25, 0.3) is 0 Å². The van der Waals surface area contributed by atoms with Crippen LogP contribution in [0, 0.1) is 11.9 Å². The van der Waals surface area contributed by atoms with E-state index in [1.807, 2.05) is 32.0 Å². The number of carbonyl (C=O) groups excluding carboxylic acids is 1. The van der Waals surface area contributed by atoms with Gasteiger partial charge in [-0.25, -0.2) is 4.68 Å². The number of aryl methyl sites for hydroxylation is 1. The number of nitrogens with zero attached hydrogens (tertiary/aromatic N) is 2. The van der Waals surface area contributed by atoms with Crippen molar-refractivity contribution in [2.75, 3.05) is 6.54 Å². The highest BCUT2D eigenvalue weighted by atomic mass is 19.1. The van der Waals surface area contributed by atoms with Crippen LogP contribution >= 0.6 is 0 Å². The molecule has 0 fully saturated rings. The largest absolute Gasteiger partial charge is 0.356 e. The van der Waals surface area contributed by atoms with Gasteiger partial charge in [0.05, 0.1) is 10.9 Å². The number of rotatable bonds is 4. The summed E-state index contributed by atoms with van der Waals surface area (Å²) in [5.41, 5.74) is 1.60. The monoisotopic (exact) mass is 277 g/mol. The summed E-state index contributed by atoms with van der Waals surface area (Å²) in [5, 5.41) is 7.55. The molecule has 1 N–H and O–H groups in total. The van der Waals surface area contributed by atoms with Crippen molar-refractivity contribution in [3.63, 3.8) is 0 Å². The number of benzene rings is 1. The Morgan fingerprint density at radius 2 is 2.15 bits per heavy atom. The van der Waals surface area contributed by atoms with E-state index in [4.69, 9.17) is 0 Å². The first-order valence-corrected chi connectivity index (χ1v) is 6.77. The zero-order chi connectivity index (χ0) is 14.9. The molecule has 0 spiro atoms. The third kappa shape index (κ3) is 2.66. The van der Waals surface area contributed by atoms with E-state index in [1.54, 1.807) is 7.05 Å². The van der Waals surface area contributed by atoms with E-state index >= 15 is 0 Å². The fourth-order valence-corrected chi connectivity index (χ4v) is 2.40. The van der Waals surface area contributed by atoms with Crippen LogP contribution < -0.4 is 5.32 Å². The van der Waals surface area contributed by atoms with Crippen molar-refractivity contribution >= 4 is 16.8 Å². The Kier molecular flexibility index (Phi) is 4.06. The van der Waals surface area contributed by atoms with E-state index < -0.39 is 0 Å². The van der Waals surface area contributed by atoms with Crippen LogP contribution in [-0.4, -0.2) is 22.2 Å². The van der Waals surface area contributed by atoms with Crippen molar-refractivity contribution in [1.29, 1.82) is 0 Å². The van der Waals surface area contributed by atoms with E-state index in [9.17, 15) is 9.18 Å². The molecule has 1 aromatic carbocycles. The summed E-state index contributed by atoms with van der Waals surface area (Å²) in [4.78, 5) is 11.0. The second-order valence-electron chi connectivity index (χ2n) is 5.36. The molecule has 0 aliphatic heterocycles. The molecule has 1 heterocycles. The van der Waals surface area contributed by atoms with Gasteiger partial charge in [0.1, 0.15) is 0 Å². The third-order valence-corrected chi connectivity index (χ3v) is 3.84. The lowest BCUT2D eigenvalue weighted by atomic mass is 9.87. The van der Waals surface area contributed by atoms with Gasteiger partial charge in [0.15, 0.2) is 0 Å². The number of fused-ring (bicyclic) bond motifs is 1. The lowest BCUT2D eigenvalue weighted by Gasteiger charge is -2.21. The number of carbonyl (C=O) groups is 1. The van der Waals surface area contributed by atoms with Gasteiger partial charge in [0, 0.05) is 20.5 Å². The molecule has 0 bridgehead atoms. The average Bonchev–Trinajstić information content (AvgIpc) is 2.70. The molecule has 0 aliphatic carbocycles. The summed E-state index contributed by atoms with van der Waals surface area (Å²) in [5.74, 6) is -0.0163. The Morgan fingerprint density at radius 3 is 2.80 bits per heavy atom. The zero-order valence-corrected chi connectivity index (χ0v) is 12.3. The Labute approximate surface area is 118 Å². The van der Waals surface area contributed by atoms with Crippen molar-refractivity contribution in [1.82, 2.24) is 15.1 Å². The van der Waals surface area contributed by atoms with Gasteiger partial charge in [0.2, 0.25) is 11.9 Å². The molecule has 0 aliphatic rings. The molecular weight excluding hydrogens is 257 g/mol. The van der Waals surface area contributed by atoms with Gasteiger partial charge in [-0.1, -0.05) is 26.0 Å². The van der Waals surface area contributed by atoms with Crippen LogP contribution in [-0.2, 0) is 11.8 Å². The highest BCUT2D eigenvalue weighted by Crippen LogP contribution is 2.31. The molecule has 2 aromatic rings. The van der Waals surface area contributed by atoms with Crippen LogP contribution in [0.3, 0.4) is 0 Å². The quantitative estimate of drug-likeness (QED) is 0.933. The lowest BCUT2D eigenvalue weighted by molar-refractivity contribution is -0.119. The zero-order valence-electron chi connectivity index (χ0n) is 12.3. The van der Waals surface area contributed by atoms with E-state index in [-0.39, 0.29) is 23.7 Å². The molecule has 108 valence electrons. The summed E-state index contributed by atoms with van der Waals surface area (Å²) < 4.78 is 15.5. The van der Waals surface area contributed by atoms with Gasteiger partial charge in [-0.15, -0.1) is 0 Å². The third-order valence-electron chi connectivity index (χ3n) is 3.84. The molecule has 2 atom stereocenters. The Balaban J connectivity index is 2.34. The van der Waals surface area contributed by atoms with E-state index in [2.05, 4.69) is 10.4 Å². The van der Waals surface area contributed by atoms with Crippen LogP contribution in [0.25, 0.3) is 10.9 Å². The minimum atomic E-state index is -0.311. The van der Waals surface area contributed by atoms with Crippen LogP contribution in [0.1, 0.15) is 32.3 Å². The van der Waals surface area contributed by atoms with Crippen LogP contribution in [0.15, 0.2) is 18.2 Å². The minimum absolute atomic E-state index is 0.0465. The number of amides is 1. The summed E-state index contributed by atoms with van der Waals surface area (Å²) >= 11 is 0. The van der Waals surface area contributed by atoms with Crippen molar-refractivity contribution in [3.8, 4) is 0 Å². The summed E-state index contributed by atoms with van der Waals surface area (Å²) in [6.45, 7) is 6.18. The predicted molar refractivity (Wildman–Crippen MR) is 76.9 cm³/mol. The molecule has 1 aromatic heterocycles. The molecule has 2 rings (SSSR count). The number of aromatic nitrogens is 2. The standard InChI is InChI=1S/C15H20FN3O/c1-9(8-17-11(3)20)10(2)12-6-5-7-13-14(12)15(16)19(4)18-13/h5-7,9-10H,8H2,1-4H3,(H,17,20)/t9-,10+/m0/s1. The lowest BCUT2D eigenvalue weighted by Crippen LogP contribution is -2.28. The van der Waals surface area contributed by atoms with Crippen molar-refractivity contribution in [3.05, 3.63) is 29.7 Å². The van der Waals surface area contributed by atoms with Gasteiger partial charge in [-0.3, -0.25) is 4.79 Å². The van der Waals surface area contributed by atoms with Crippen LogP contribution in [0.2, 0.25) is 0 Å². The Morgan fingerprint density at radius 1 is 1.45 bits per heavy atom. The van der Waals surface area contributed by atoms with Gasteiger partial charge in [-0.2, -0.15) is 9.49 Å². The van der Waals surface area contributed by atoms with Crippen molar-refractivity contribution in [2.24, 2.45) is 13.0 Å². The van der Waals surface area contributed by atoms with Crippen molar-refractivity contribution in [2.45, 2.75) is 26.7 Å². The number of halogens is 1. The number of nitrogens with one attached hydrogen (secondary N) is 1. The Hall–Kier alpha value is -1.91. The fourth-order valence-electron chi connectivity index (χ4n) is 2.40. The second-order valence-corrected chi connectivity index (χ2v) is 5.36. The van der Waals surface area contributed by atoms with Gasteiger partial charge >= 0.3 is 0 Å². The molecule has 0 unspecified atom stereocenters. The second kappa shape index (κ2) is 5.61. The minimum Gasteiger partial charge on any atom is -0.356 e. The van der Waals surface area contributed by atoms with E-state index in [0.717, 1.165) is 5.56 Å². The molecule has 0 saturated carbocycles. The SMILES string of the molecule is CC(=O)NC[C@H](C)[C@@H](C)c1cccc2nn(C)c(F)c12. The highest BCUT2D eigenvalue weighted by Gasteiger charge is 2.20. The number of hydrogen-bond donors (Lipinski definition) is 1. The maximum atomic E-state index is 14.2. The maximum absolute atomic E-state index is 14.2. The smallest absolute Gasteiger partial charge is 0.219 e. The molecule has 1 amide bonds. The van der Waals surface area contributed by atoms with Crippen LogP contribution in [0.5, 0.6) is 0 Å². The highest BCUT2D eigenvalue weighted by molar-refractivity contribution is 5.83. The first-order valence-electron chi connectivity index (χ1n) is 6.77. The maximum Gasteiger partial charge on any atom is 0.219 e.